The highest BCUT2D eigenvalue weighted by Crippen LogP contribution is 2.39. The van der Waals surface area contributed by atoms with Crippen molar-refractivity contribution >= 4 is 61.1 Å². The van der Waals surface area contributed by atoms with Crippen molar-refractivity contribution in [1.82, 2.24) is 0 Å². The van der Waals surface area contributed by atoms with Crippen LogP contribution in [0.1, 0.15) is 12.0 Å². The zero-order chi connectivity index (χ0) is 38.0. The Bertz CT molecular complexity index is 2810. The molecule has 0 N–H and O–H groups in total. The Kier molecular flexibility index (Phi) is 9.14. The molecule has 2 nitrogen and oxygen atoms in total. The van der Waals surface area contributed by atoms with Crippen LogP contribution in [0.5, 0.6) is 0 Å². The number of benzene rings is 7. The summed E-state index contributed by atoms with van der Waals surface area (Å²) in [6.45, 7) is 0. The zero-order valence-corrected chi connectivity index (χ0v) is 31.7. The van der Waals surface area contributed by atoms with Crippen LogP contribution in [0, 0.1) is 11.8 Å². The van der Waals surface area contributed by atoms with Gasteiger partial charge in [0, 0.05) is 46.0 Å². The Morgan fingerprint density at radius 2 is 1.00 bits per heavy atom. The highest BCUT2D eigenvalue weighted by atomic mass is 15.2. The van der Waals surface area contributed by atoms with E-state index in [1.54, 1.807) is 0 Å². The summed E-state index contributed by atoms with van der Waals surface area (Å²) in [4.78, 5) is 4.76. The molecular formula is C55H42N2. The van der Waals surface area contributed by atoms with Gasteiger partial charge in [0.1, 0.15) is 0 Å². The van der Waals surface area contributed by atoms with Crippen LogP contribution in [0.25, 0.3) is 38.4 Å². The molecule has 0 saturated heterocycles. The van der Waals surface area contributed by atoms with E-state index < -0.39 is 0 Å². The number of hydrogen-bond donors (Lipinski definition) is 0. The molecule has 7 aromatic carbocycles. The molecule has 0 fully saturated rings. The number of hydrogen-bond acceptors (Lipinski definition) is 2. The fraction of sp³-hybridized carbons (Fsp3) is 0.0545. The Morgan fingerprint density at radius 1 is 0.456 bits per heavy atom. The van der Waals surface area contributed by atoms with Gasteiger partial charge in [-0.25, -0.2) is 0 Å². The average Bonchev–Trinajstić information content (AvgIpc) is 3.51. The van der Waals surface area contributed by atoms with Gasteiger partial charge < -0.3 is 9.80 Å². The first kappa shape index (κ1) is 34.3. The lowest BCUT2D eigenvalue weighted by molar-refractivity contribution is 0.769. The van der Waals surface area contributed by atoms with Crippen molar-refractivity contribution in [3.63, 3.8) is 0 Å². The van der Waals surface area contributed by atoms with Crippen LogP contribution in [-0.2, 0) is 0 Å². The second-order valence-electron chi connectivity index (χ2n) is 15.0. The van der Waals surface area contributed by atoms with E-state index in [-0.39, 0.29) is 5.92 Å². The maximum Gasteiger partial charge on any atom is 0.0468 e. The summed E-state index contributed by atoms with van der Waals surface area (Å²) in [7, 11) is 0. The Balaban J connectivity index is 0.926. The van der Waals surface area contributed by atoms with Gasteiger partial charge in [0.25, 0.3) is 0 Å². The van der Waals surface area contributed by atoms with E-state index in [2.05, 4.69) is 240 Å². The molecule has 3 aliphatic rings. The highest BCUT2D eigenvalue weighted by Gasteiger charge is 2.21. The molecule has 0 spiro atoms. The molecule has 0 aliphatic heterocycles. The lowest BCUT2D eigenvalue weighted by atomic mass is 9.87. The van der Waals surface area contributed by atoms with Crippen molar-refractivity contribution in [2.75, 3.05) is 9.80 Å². The van der Waals surface area contributed by atoms with Crippen LogP contribution in [0.4, 0.5) is 22.7 Å². The van der Waals surface area contributed by atoms with Crippen LogP contribution in [0.3, 0.4) is 0 Å². The van der Waals surface area contributed by atoms with Crippen molar-refractivity contribution in [3.8, 4) is 0 Å². The summed E-state index contributed by atoms with van der Waals surface area (Å²) in [5.74, 6) is 0.537. The number of anilines is 4. The van der Waals surface area contributed by atoms with Crippen molar-refractivity contribution in [2.45, 2.75) is 6.42 Å². The minimum Gasteiger partial charge on any atom is -0.311 e. The molecule has 2 atom stereocenters. The van der Waals surface area contributed by atoms with Crippen LogP contribution in [0.15, 0.2) is 242 Å². The van der Waals surface area contributed by atoms with Crippen LogP contribution in [-0.4, -0.2) is 0 Å². The number of allylic oxidation sites excluding steroid dienone is 13. The molecule has 0 aromatic heterocycles. The van der Waals surface area contributed by atoms with E-state index in [9.17, 15) is 0 Å². The van der Waals surface area contributed by atoms with E-state index >= 15 is 0 Å². The van der Waals surface area contributed by atoms with E-state index in [0.29, 0.717) is 5.92 Å². The number of rotatable bonds is 8. The third-order valence-corrected chi connectivity index (χ3v) is 11.3. The van der Waals surface area contributed by atoms with Crippen molar-refractivity contribution < 1.29 is 0 Å². The largest absolute Gasteiger partial charge is 0.311 e. The second kappa shape index (κ2) is 15.2. The molecule has 10 rings (SSSR count). The summed E-state index contributed by atoms with van der Waals surface area (Å²) < 4.78 is 0. The third-order valence-electron chi connectivity index (χ3n) is 11.3. The average molecular weight is 731 g/mol. The van der Waals surface area contributed by atoms with Crippen molar-refractivity contribution in [2.24, 2.45) is 11.8 Å². The number of fused-ring (bicyclic) bond motifs is 4. The quantitative estimate of drug-likeness (QED) is 0.154. The monoisotopic (exact) mass is 730 g/mol. The highest BCUT2D eigenvalue weighted by molar-refractivity contribution is 5.91. The maximum absolute atomic E-state index is 2.42. The summed E-state index contributed by atoms with van der Waals surface area (Å²) in [5.41, 5.74) is 9.42. The van der Waals surface area contributed by atoms with Gasteiger partial charge in [0.15, 0.2) is 0 Å². The first-order valence-corrected chi connectivity index (χ1v) is 19.9. The molecule has 0 heterocycles. The van der Waals surface area contributed by atoms with E-state index in [0.717, 1.165) is 34.9 Å². The second-order valence-corrected chi connectivity index (χ2v) is 15.0. The lowest BCUT2D eigenvalue weighted by Gasteiger charge is -2.31. The summed E-state index contributed by atoms with van der Waals surface area (Å²) in [5, 5.41) is 7.40. The summed E-state index contributed by atoms with van der Waals surface area (Å²) in [6.07, 6.45) is 30.4. The number of nitrogens with zero attached hydrogens (tertiary/aromatic N) is 2. The Morgan fingerprint density at radius 3 is 1.60 bits per heavy atom. The van der Waals surface area contributed by atoms with Crippen molar-refractivity contribution in [1.29, 1.82) is 0 Å². The maximum atomic E-state index is 2.42. The minimum atomic E-state index is 0.145. The SMILES string of the molecule is C1=CCC2C=C(N(c3ccc(C=CC4C=CC=C(N(c5ccc6ccccc6c5)c5ccc6ccccc6c5)C=C4)cc3)c3ccc4ccccc4c3)C=CC2=C1. The standard InChI is InChI=1S/C55H42N2/c1-5-15-46-36-52(32-25-42(46)11-1)56(53-33-26-43-12-2-6-16-47(43)37-53)50-19-9-10-40(22-29-50)20-21-41-23-30-51(31-24-41)57(54-34-27-44-13-3-7-17-48(44)38-54)55-35-28-45-14-4-8-18-49(45)39-55/h1-17,19-40,49H,18H2. The van der Waals surface area contributed by atoms with E-state index in [1.807, 2.05) is 0 Å². The topological polar surface area (TPSA) is 6.48 Å². The van der Waals surface area contributed by atoms with Gasteiger partial charge in [-0.3, -0.25) is 0 Å². The Labute approximate surface area is 335 Å². The van der Waals surface area contributed by atoms with Crippen LogP contribution < -0.4 is 9.80 Å². The molecule has 2 unspecified atom stereocenters. The van der Waals surface area contributed by atoms with Gasteiger partial charge >= 0.3 is 0 Å². The fourth-order valence-corrected chi connectivity index (χ4v) is 8.29. The third kappa shape index (κ3) is 7.10. The normalized spacial score (nSPS) is 17.4. The van der Waals surface area contributed by atoms with E-state index in [1.165, 1.54) is 49.2 Å². The summed E-state index contributed by atoms with van der Waals surface area (Å²) in [6, 6.07) is 54.9. The van der Waals surface area contributed by atoms with Crippen LogP contribution in [0.2, 0.25) is 0 Å². The molecular weight excluding hydrogens is 689 g/mol. The minimum absolute atomic E-state index is 0.145. The lowest BCUT2D eigenvalue weighted by Crippen LogP contribution is -2.19. The predicted octanol–water partition coefficient (Wildman–Crippen LogP) is 14.7. The summed E-state index contributed by atoms with van der Waals surface area (Å²) >= 11 is 0. The zero-order valence-electron chi connectivity index (χ0n) is 31.7. The fourth-order valence-electron chi connectivity index (χ4n) is 8.29. The van der Waals surface area contributed by atoms with Gasteiger partial charge in [-0.2, -0.15) is 0 Å². The van der Waals surface area contributed by atoms with Gasteiger partial charge in [-0.05, 0) is 117 Å². The van der Waals surface area contributed by atoms with Gasteiger partial charge in [0.05, 0.1) is 0 Å². The van der Waals surface area contributed by atoms with E-state index in [4.69, 9.17) is 0 Å². The Hall–Kier alpha value is -7.16. The van der Waals surface area contributed by atoms with Crippen LogP contribution >= 0.6 is 0 Å². The smallest absolute Gasteiger partial charge is 0.0468 e. The van der Waals surface area contributed by atoms with Gasteiger partial charge in [-0.1, -0.05) is 164 Å². The molecule has 0 bridgehead atoms. The van der Waals surface area contributed by atoms with Gasteiger partial charge in [0.2, 0.25) is 0 Å². The predicted molar refractivity (Wildman–Crippen MR) is 244 cm³/mol. The molecule has 57 heavy (non-hydrogen) atoms. The first-order chi connectivity index (χ1) is 28.2. The molecule has 3 aliphatic carbocycles. The van der Waals surface area contributed by atoms with Gasteiger partial charge in [-0.15, -0.1) is 0 Å². The van der Waals surface area contributed by atoms with Crippen molar-refractivity contribution in [3.05, 3.63) is 247 Å². The molecule has 0 amide bonds. The molecule has 272 valence electrons. The first-order valence-electron chi connectivity index (χ1n) is 19.9. The molecule has 0 saturated carbocycles. The molecule has 2 heteroatoms. The molecule has 0 radical (unpaired) electrons. The molecule has 7 aromatic rings.